The zero-order chi connectivity index (χ0) is 21.1. The summed E-state index contributed by atoms with van der Waals surface area (Å²) in [7, 11) is 1.24. The first-order valence-corrected chi connectivity index (χ1v) is 9.26. The number of nitrogen functional groups attached to an aromatic ring is 1. The zero-order valence-electron chi connectivity index (χ0n) is 16.5. The first-order chi connectivity index (χ1) is 13.1. The third kappa shape index (κ3) is 4.82. The minimum atomic E-state index is -0.650. The molecule has 1 fully saturated rings. The third-order valence-electron chi connectivity index (χ3n) is 4.25. The number of rotatable bonds is 4. The number of amides is 1. The number of terminal acetylenes is 1. The van der Waals surface area contributed by atoms with Gasteiger partial charge in [0.15, 0.2) is 0 Å². The number of nitrogens with zero attached hydrogens (tertiary/aromatic N) is 1. The van der Waals surface area contributed by atoms with Crippen molar-refractivity contribution in [1.29, 1.82) is 0 Å². The van der Waals surface area contributed by atoms with Crippen molar-refractivity contribution in [3.8, 4) is 18.1 Å². The van der Waals surface area contributed by atoms with Crippen LogP contribution in [0.1, 0.15) is 49.5 Å². The molecule has 0 radical (unpaired) electrons. The van der Waals surface area contributed by atoms with Crippen molar-refractivity contribution in [2.45, 2.75) is 45.3 Å². The van der Waals surface area contributed by atoms with E-state index < -0.39 is 11.6 Å². The van der Waals surface area contributed by atoms with Gasteiger partial charge in [-0.1, -0.05) is 17.5 Å². The number of carbonyl (C=O) groups is 2. The van der Waals surface area contributed by atoms with Gasteiger partial charge >= 0.3 is 12.1 Å². The van der Waals surface area contributed by atoms with Gasteiger partial charge in [0, 0.05) is 6.54 Å². The molecule has 2 N–H and O–H groups in total. The average molecular weight is 409 g/mol. The monoisotopic (exact) mass is 408 g/mol. The Kier molecular flexibility index (Phi) is 6.68. The molecule has 0 aliphatic carbocycles. The summed E-state index contributed by atoms with van der Waals surface area (Å²) in [6.45, 7) is 6.21. The summed E-state index contributed by atoms with van der Waals surface area (Å²) in [4.78, 5) is 26.0. The molecule has 1 aromatic carbocycles. The molecule has 0 aromatic heterocycles. The highest BCUT2D eigenvalue weighted by molar-refractivity contribution is 6.35. The minimum absolute atomic E-state index is 0.0375. The van der Waals surface area contributed by atoms with Crippen LogP contribution in [-0.2, 0) is 9.47 Å². The molecular formula is C20H25ClN2O5. The number of nitrogens with two attached hydrogens (primary N) is 1. The highest BCUT2D eigenvalue weighted by Gasteiger charge is 2.33. The Hall–Kier alpha value is -2.59. The van der Waals surface area contributed by atoms with Gasteiger partial charge in [0.1, 0.15) is 18.0 Å². The van der Waals surface area contributed by atoms with Crippen LogP contribution in [0.2, 0.25) is 5.02 Å². The van der Waals surface area contributed by atoms with Crippen LogP contribution in [0.15, 0.2) is 6.07 Å². The van der Waals surface area contributed by atoms with Gasteiger partial charge < -0.3 is 24.8 Å². The largest absolute Gasteiger partial charge is 0.489 e. The van der Waals surface area contributed by atoms with Crippen molar-refractivity contribution < 1.29 is 23.8 Å². The molecule has 0 saturated carbocycles. The van der Waals surface area contributed by atoms with Gasteiger partial charge in [-0.3, -0.25) is 0 Å². The van der Waals surface area contributed by atoms with Crippen molar-refractivity contribution in [3.05, 3.63) is 22.2 Å². The fourth-order valence-electron chi connectivity index (χ4n) is 2.92. The summed E-state index contributed by atoms with van der Waals surface area (Å²) in [5.74, 6) is 1.94. The van der Waals surface area contributed by atoms with E-state index >= 15 is 0 Å². The first-order valence-electron chi connectivity index (χ1n) is 8.88. The molecule has 1 aromatic rings. The molecule has 1 heterocycles. The fourth-order valence-corrected chi connectivity index (χ4v) is 3.21. The van der Waals surface area contributed by atoms with Gasteiger partial charge in [-0.25, -0.2) is 9.59 Å². The first kappa shape index (κ1) is 21.7. The van der Waals surface area contributed by atoms with Crippen LogP contribution in [0.25, 0.3) is 0 Å². The predicted octanol–water partition coefficient (Wildman–Crippen LogP) is 3.47. The second-order valence-electron chi connectivity index (χ2n) is 7.44. The molecule has 1 aliphatic heterocycles. The van der Waals surface area contributed by atoms with Crippen molar-refractivity contribution in [2.75, 3.05) is 26.0 Å². The Morgan fingerprint density at radius 2 is 2.11 bits per heavy atom. The molecule has 2 rings (SSSR count). The third-order valence-corrected chi connectivity index (χ3v) is 4.64. The summed E-state index contributed by atoms with van der Waals surface area (Å²) in [5.41, 5.74) is 5.86. The molecule has 152 valence electrons. The van der Waals surface area contributed by atoms with E-state index in [-0.39, 0.29) is 46.3 Å². The highest BCUT2D eigenvalue weighted by Crippen LogP contribution is 2.35. The van der Waals surface area contributed by atoms with E-state index in [0.29, 0.717) is 6.54 Å². The van der Waals surface area contributed by atoms with Crippen LogP contribution < -0.4 is 10.5 Å². The lowest BCUT2D eigenvalue weighted by molar-refractivity contribution is 0.0188. The SMILES string of the molecule is C#Cc1c(N)c(OC[C@H]2CCCN2C(=O)OC(C)(C)C)cc(C(=O)OC)c1Cl. The fraction of sp³-hybridized carbons (Fsp3) is 0.500. The lowest BCUT2D eigenvalue weighted by Gasteiger charge is -2.28. The second-order valence-corrected chi connectivity index (χ2v) is 7.82. The summed E-state index contributed by atoms with van der Waals surface area (Å²) in [6.07, 6.45) is 6.69. The number of hydrogen-bond donors (Lipinski definition) is 1. The van der Waals surface area contributed by atoms with Crippen LogP contribution in [0, 0.1) is 12.3 Å². The van der Waals surface area contributed by atoms with Crippen LogP contribution in [0.5, 0.6) is 5.75 Å². The van der Waals surface area contributed by atoms with Crippen LogP contribution in [0.4, 0.5) is 10.5 Å². The number of methoxy groups -OCH3 is 1. The van der Waals surface area contributed by atoms with Gasteiger partial charge in [0.05, 0.1) is 35.0 Å². The van der Waals surface area contributed by atoms with Crippen molar-refractivity contribution in [1.82, 2.24) is 4.90 Å². The molecule has 0 spiro atoms. The minimum Gasteiger partial charge on any atom is -0.489 e. The van der Waals surface area contributed by atoms with Gasteiger partial charge in [-0.05, 0) is 39.7 Å². The number of benzene rings is 1. The number of likely N-dealkylation sites (tertiary alicyclic amines) is 1. The molecule has 1 aliphatic rings. The number of halogens is 1. The highest BCUT2D eigenvalue weighted by atomic mass is 35.5. The van der Waals surface area contributed by atoms with Gasteiger partial charge in [0.2, 0.25) is 0 Å². The Labute approximate surface area is 170 Å². The summed E-state index contributed by atoms with van der Waals surface area (Å²) in [6, 6.07) is 1.22. The molecule has 28 heavy (non-hydrogen) atoms. The molecule has 0 bridgehead atoms. The smallest absolute Gasteiger partial charge is 0.410 e. The Morgan fingerprint density at radius 3 is 2.68 bits per heavy atom. The molecule has 1 amide bonds. The molecule has 0 unspecified atom stereocenters. The molecule has 1 atom stereocenters. The Balaban J connectivity index is 2.21. The molecular weight excluding hydrogens is 384 g/mol. The Bertz CT molecular complexity index is 810. The normalized spacial score (nSPS) is 16.4. The van der Waals surface area contributed by atoms with Crippen LogP contribution in [-0.4, -0.2) is 48.9 Å². The summed E-state index contributed by atoms with van der Waals surface area (Å²) >= 11 is 6.16. The number of hydrogen-bond acceptors (Lipinski definition) is 6. The van der Waals surface area contributed by atoms with E-state index in [4.69, 9.17) is 38.0 Å². The standard InChI is InChI=1S/C20H25ClN2O5/c1-6-13-16(21)14(18(24)26-5)10-15(17(13)22)27-11-12-8-7-9-23(12)19(25)28-20(2,3)4/h1,10,12H,7-9,11,22H2,2-5H3/t12-/m1/s1. The van der Waals surface area contributed by atoms with Crippen molar-refractivity contribution >= 4 is 29.4 Å². The van der Waals surface area contributed by atoms with E-state index in [1.54, 1.807) is 4.90 Å². The van der Waals surface area contributed by atoms with Crippen LogP contribution in [0.3, 0.4) is 0 Å². The lowest BCUT2D eigenvalue weighted by Crippen LogP contribution is -2.42. The second kappa shape index (κ2) is 8.61. The zero-order valence-corrected chi connectivity index (χ0v) is 17.3. The van der Waals surface area contributed by atoms with E-state index in [9.17, 15) is 9.59 Å². The summed E-state index contributed by atoms with van der Waals surface area (Å²) < 4.78 is 16.0. The number of ether oxygens (including phenoxy) is 3. The maximum Gasteiger partial charge on any atom is 0.410 e. The van der Waals surface area contributed by atoms with Gasteiger partial charge in [-0.2, -0.15) is 0 Å². The van der Waals surface area contributed by atoms with Gasteiger partial charge in [0.25, 0.3) is 0 Å². The maximum atomic E-state index is 12.4. The van der Waals surface area contributed by atoms with E-state index in [1.165, 1.54) is 13.2 Å². The number of carbonyl (C=O) groups excluding carboxylic acids is 2. The van der Waals surface area contributed by atoms with Crippen LogP contribution >= 0.6 is 11.6 Å². The molecule has 1 saturated heterocycles. The predicted molar refractivity (Wildman–Crippen MR) is 107 cm³/mol. The molecule has 8 heteroatoms. The number of esters is 1. The van der Waals surface area contributed by atoms with E-state index in [2.05, 4.69) is 5.92 Å². The number of anilines is 1. The van der Waals surface area contributed by atoms with E-state index in [1.807, 2.05) is 20.8 Å². The summed E-state index contributed by atoms with van der Waals surface area (Å²) in [5, 5.41) is 0.0375. The van der Waals surface area contributed by atoms with E-state index in [0.717, 1.165) is 12.8 Å². The van der Waals surface area contributed by atoms with Crippen molar-refractivity contribution in [3.63, 3.8) is 0 Å². The topological polar surface area (TPSA) is 91.1 Å². The quantitative estimate of drug-likeness (QED) is 0.466. The lowest BCUT2D eigenvalue weighted by atomic mass is 10.1. The molecule has 7 nitrogen and oxygen atoms in total. The van der Waals surface area contributed by atoms with Crippen molar-refractivity contribution in [2.24, 2.45) is 0 Å². The average Bonchev–Trinajstić information content (AvgIpc) is 3.08. The Morgan fingerprint density at radius 1 is 1.43 bits per heavy atom. The maximum absolute atomic E-state index is 12.4. The van der Waals surface area contributed by atoms with Gasteiger partial charge in [-0.15, -0.1) is 6.42 Å².